The zero-order valence-electron chi connectivity index (χ0n) is 20.3. The molecule has 1 atom stereocenters. The van der Waals surface area contributed by atoms with Gasteiger partial charge in [-0.2, -0.15) is 0 Å². The number of aromatic nitrogens is 1. The van der Waals surface area contributed by atoms with Gasteiger partial charge in [-0.05, 0) is 55.3 Å². The van der Waals surface area contributed by atoms with Gasteiger partial charge in [-0.25, -0.2) is 9.78 Å². The molecule has 1 aliphatic heterocycles. The van der Waals surface area contributed by atoms with Gasteiger partial charge in [0, 0.05) is 10.0 Å². The van der Waals surface area contributed by atoms with Gasteiger partial charge < -0.3 is 14.6 Å². The van der Waals surface area contributed by atoms with Crippen molar-refractivity contribution in [3.05, 3.63) is 92.4 Å². The van der Waals surface area contributed by atoms with E-state index in [1.54, 1.807) is 56.3 Å². The van der Waals surface area contributed by atoms with Crippen LogP contribution in [0.3, 0.4) is 0 Å². The number of benzene rings is 2. The lowest BCUT2D eigenvalue weighted by molar-refractivity contribution is -0.132. The number of amides is 1. The zero-order valence-corrected chi connectivity index (χ0v) is 22.7. The minimum Gasteiger partial charge on any atom is -0.507 e. The van der Waals surface area contributed by atoms with E-state index in [-0.39, 0.29) is 27.9 Å². The molecule has 4 rings (SSSR count). The molecule has 0 aliphatic carbocycles. The third kappa shape index (κ3) is 4.94. The Morgan fingerprint density at radius 3 is 2.54 bits per heavy atom. The highest BCUT2D eigenvalue weighted by molar-refractivity contribution is 9.10. The third-order valence-electron chi connectivity index (χ3n) is 5.83. The van der Waals surface area contributed by atoms with Gasteiger partial charge in [-0.1, -0.05) is 52.1 Å². The lowest BCUT2D eigenvalue weighted by Gasteiger charge is -2.23. The van der Waals surface area contributed by atoms with E-state index in [2.05, 4.69) is 27.5 Å². The lowest BCUT2D eigenvalue weighted by Crippen LogP contribution is -2.29. The predicted molar refractivity (Wildman–Crippen MR) is 144 cm³/mol. The van der Waals surface area contributed by atoms with Gasteiger partial charge >= 0.3 is 11.9 Å². The number of esters is 1. The van der Waals surface area contributed by atoms with Crippen LogP contribution in [-0.2, 0) is 14.3 Å². The normalized spacial score (nSPS) is 16.6. The maximum Gasteiger partial charge on any atom is 0.350 e. The topological polar surface area (TPSA) is 106 Å². The van der Waals surface area contributed by atoms with E-state index < -0.39 is 23.7 Å². The van der Waals surface area contributed by atoms with E-state index in [1.807, 2.05) is 0 Å². The first kappa shape index (κ1) is 26.3. The van der Waals surface area contributed by atoms with Gasteiger partial charge in [-0.3, -0.25) is 14.5 Å². The Kier molecular flexibility index (Phi) is 7.60. The molecule has 0 spiro atoms. The number of ether oxygens (including phenoxy) is 2. The highest BCUT2D eigenvalue weighted by atomic mass is 79.9. The first-order valence-corrected chi connectivity index (χ1v) is 12.8. The van der Waals surface area contributed by atoms with Crippen LogP contribution >= 0.6 is 27.3 Å². The van der Waals surface area contributed by atoms with E-state index in [1.165, 1.54) is 18.1 Å². The van der Waals surface area contributed by atoms with Crippen LogP contribution in [0, 0.1) is 13.8 Å². The Balaban J connectivity index is 1.89. The van der Waals surface area contributed by atoms with Crippen molar-refractivity contribution in [3.63, 3.8) is 0 Å². The van der Waals surface area contributed by atoms with Gasteiger partial charge in [0.1, 0.15) is 23.0 Å². The number of aryl methyl sites for hydroxylation is 2. The van der Waals surface area contributed by atoms with Crippen molar-refractivity contribution in [2.75, 3.05) is 18.6 Å². The number of hydrogen-bond donors (Lipinski definition) is 1. The van der Waals surface area contributed by atoms with E-state index in [4.69, 9.17) is 9.47 Å². The maximum atomic E-state index is 13.4. The summed E-state index contributed by atoms with van der Waals surface area (Å²) in [5.41, 5.74) is 1.92. The number of methoxy groups -OCH3 is 1. The Hall–Kier alpha value is -3.76. The molecule has 1 fully saturated rings. The number of halogens is 1. The molecule has 1 aromatic heterocycles. The number of carbonyl (C=O) groups is 3. The fourth-order valence-electron chi connectivity index (χ4n) is 4.04. The van der Waals surface area contributed by atoms with Gasteiger partial charge in [-0.15, -0.1) is 0 Å². The third-order valence-corrected chi connectivity index (χ3v) is 7.49. The van der Waals surface area contributed by atoms with Crippen LogP contribution in [0.25, 0.3) is 5.76 Å². The first-order valence-electron chi connectivity index (χ1n) is 11.1. The molecule has 1 unspecified atom stereocenters. The Bertz CT molecular complexity index is 1440. The van der Waals surface area contributed by atoms with Crippen LogP contribution in [-0.4, -0.2) is 41.5 Å². The van der Waals surface area contributed by atoms with Crippen LogP contribution in [0.1, 0.15) is 38.1 Å². The molecule has 2 aromatic carbocycles. The van der Waals surface area contributed by atoms with Gasteiger partial charge in [0.2, 0.25) is 0 Å². The molecule has 3 aromatic rings. The minimum atomic E-state index is -0.975. The average molecular weight is 583 g/mol. The summed E-state index contributed by atoms with van der Waals surface area (Å²) in [6, 6.07) is 11.1. The van der Waals surface area contributed by atoms with Crippen molar-refractivity contribution >= 4 is 55.8 Å². The molecule has 1 N–H and O–H groups in total. The molecule has 190 valence electrons. The van der Waals surface area contributed by atoms with Crippen LogP contribution in [0.2, 0.25) is 0 Å². The average Bonchev–Trinajstić information content (AvgIpc) is 3.39. The number of hydrogen-bond acceptors (Lipinski definition) is 8. The molecule has 1 amide bonds. The Morgan fingerprint density at radius 2 is 1.92 bits per heavy atom. The second-order valence-corrected chi connectivity index (χ2v) is 10.1. The van der Waals surface area contributed by atoms with Crippen LogP contribution in [0.15, 0.2) is 65.2 Å². The van der Waals surface area contributed by atoms with Crippen LogP contribution < -0.4 is 9.64 Å². The summed E-state index contributed by atoms with van der Waals surface area (Å²) >= 11 is 4.34. The van der Waals surface area contributed by atoms with Crippen molar-refractivity contribution in [1.82, 2.24) is 4.98 Å². The van der Waals surface area contributed by atoms with Crippen molar-refractivity contribution in [2.45, 2.75) is 19.9 Å². The molecule has 2 heterocycles. The smallest absolute Gasteiger partial charge is 0.350 e. The number of anilines is 1. The molecular formula is C27H23BrN2O6S. The molecule has 0 bridgehead atoms. The maximum absolute atomic E-state index is 13.4. The number of Topliss-reactive ketones (excluding diaryl/α,β-unsaturated/α-hetero) is 1. The summed E-state index contributed by atoms with van der Waals surface area (Å²) in [5, 5.41) is 11.5. The van der Waals surface area contributed by atoms with E-state index in [0.29, 0.717) is 28.1 Å². The van der Waals surface area contributed by atoms with Crippen molar-refractivity contribution in [2.24, 2.45) is 0 Å². The summed E-state index contributed by atoms with van der Waals surface area (Å²) in [4.78, 5) is 45.1. The number of carbonyl (C=O) groups excluding carboxylic acids is 3. The second-order valence-electron chi connectivity index (χ2n) is 8.20. The number of thiazole rings is 1. The van der Waals surface area contributed by atoms with Gasteiger partial charge in [0.15, 0.2) is 5.13 Å². The summed E-state index contributed by atoms with van der Waals surface area (Å²) in [6.07, 6.45) is 1.45. The quantitative estimate of drug-likeness (QED) is 0.129. The molecule has 0 saturated carbocycles. The highest BCUT2D eigenvalue weighted by Gasteiger charge is 2.48. The number of aliphatic hydroxyl groups excluding tert-OH is 1. The number of aliphatic hydroxyl groups is 1. The van der Waals surface area contributed by atoms with Gasteiger partial charge in [0.25, 0.3) is 5.78 Å². The number of rotatable bonds is 7. The fraction of sp³-hybridized carbons (Fsp3) is 0.185. The monoisotopic (exact) mass is 582 g/mol. The first-order chi connectivity index (χ1) is 17.7. The molecule has 0 radical (unpaired) electrons. The van der Waals surface area contributed by atoms with E-state index >= 15 is 0 Å². The largest absolute Gasteiger partial charge is 0.507 e. The van der Waals surface area contributed by atoms with Crippen molar-refractivity contribution in [1.29, 1.82) is 0 Å². The fourth-order valence-corrected chi connectivity index (χ4v) is 5.29. The van der Waals surface area contributed by atoms with Gasteiger partial charge in [0.05, 0.1) is 24.4 Å². The Labute approximate surface area is 226 Å². The molecule has 1 aliphatic rings. The predicted octanol–water partition coefficient (Wildman–Crippen LogP) is 5.50. The summed E-state index contributed by atoms with van der Waals surface area (Å²) in [5.74, 6) is -2.04. The molecule has 8 nitrogen and oxygen atoms in total. The SMILES string of the molecule is C=CCOC(=O)c1sc(N2C(=O)C(=O)C(=C(O)c3ccc(OC)cc3C)C2c2ccc(Br)cc2)nc1C. The molecule has 10 heteroatoms. The van der Waals surface area contributed by atoms with E-state index in [9.17, 15) is 19.5 Å². The van der Waals surface area contributed by atoms with Crippen molar-refractivity contribution in [3.8, 4) is 5.75 Å². The zero-order chi connectivity index (χ0) is 26.9. The second kappa shape index (κ2) is 10.7. The highest BCUT2D eigenvalue weighted by Crippen LogP contribution is 2.44. The van der Waals surface area contributed by atoms with Crippen LogP contribution in [0.4, 0.5) is 5.13 Å². The summed E-state index contributed by atoms with van der Waals surface area (Å²) in [7, 11) is 1.53. The van der Waals surface area contributed by atoms with E-state index in [0.717, 1.165) is 15.8 Å². The molecule has 37 heavy (non-hydrogen) atoms. The summed E-state index contributed by atoms with van der Waals surface area (Å²) < 4.78 is 11.2. The van der Waals surface area contributed by atoms with Crippen LogP contribution in [0.5, 0.6) is 5.75 Å². The number of ketones is 1. The summed E-state index contributed by atoms with van der Waals surface area (Å²) in [6.45, 7) is 6.95. The Morgan fingerprint density at radius 1 is 1.22 bits per heavy atom. The minimum absolute atomic E-state index is 0.0239. The number of nitrogens with zero attached hydrogens (tertiary/aromatic N) is 2. The van der Waals surface area contributed by atoms with Crippen molar-refractivity contribution < 1.29 is 29.0 Å². The molecular weight excluding hydrogens is 560 g/mol. The lowest BCUT2D eigenvalue weighted by atomic mass is 9.94. The standard InChI is InChI=1S/C27H23BrN2O6S/c1-5-12-36-26(34)24-15(3)29-27(37-24)30-21(16-6-8-17(28)9-7-16)20(23(32)25(30)33)22(31)19-11-10-18(35-4)13-14(19)2/h5-11,13,21,31H,1,12H2,2-4H3. The molecule has 1 saturated heterocycles.